The molecule has 1 aromatic heterocycles. The first-order valence-electron chi connectivity index (χ1n) is 11.6. The molecule has 6 rings (SSSR count). The summed E-state index contributed by atoms with van der Waals surface area (Å²) in [5.74, 6) is 0. The quantitative estimate of drug-likeness (QED) is 0.297. The molecule has 0 unspecified atom stereocenters. The number of fused-ring (bicyclic) bond motifs is 3. The highest BCUT2D eigenvalue weighted by Gasteiger charge is 2.13. The Morgan fingerprint density at radius 3 is 1.59 bits per heavy atom. The Bertz CT molecular complexity index is 1540. The van der Waals surface area contributed by atoms with Crippen molar-refractivity contribution in [3.8, 4) is 27.9 Å². The van der Waals surface area contributed by atoms with E-state index in [1.807, 2.05) is 0 Å². The van der Waals surface area contributed by atoms with Crippen LogP contribution in [0.1, 0.15) is 5.56 Å². The van der Waals surface area contributed by atoms with Crippen molar-refractivity contribution in [3.05, 3.63) is 127 Å². The Balaban J connectivity index is 0.00000117. The number of para-hydroxylation sites is 2. The van der Waals surface area contributed by atoms with Crippen molar-refractivity contribution in [1.29, 1.82) is 0 Å². The monoisotopic (exact) mass is 440 g/mol. The summed E-state index contributed by atoms with van der Waals surface area (Å²) in [5.41, 5.74) is 14.4. The fourth-order valence-electron chi connectivity index (χ4n) is 4.81. The Morgan fingerprint density at radius 1 is 0.500 bits per heavy atom. The normalized spacial score (nSPS) is 10.8. The molecule has 0 saturated heterocycles. The zero-order valence-electron chi connectivity index (χ0n) is 19.6. The molecule has 0 atom stereocenters. The molecule has 0 aliphatic heterocycles. The van der Waals surface area contributed by atoms with Crippen molar-refractivity contribution >= 4 is 21.8 Å². The predicted octanol–water partition coefficient (Wildman–Crippen LogP) is 8.00. The van der Waals surface area contributed by atoms with Crippen LogP contribution in [0.3, 0.4) is 0 Å². The van der Waals surface area contributed by atoms with Crippen molar-refractivity contribution in [1.82, 2.24) is 4.57 Å². The van der Waals surface area contributed by atoms with E-state index in [-0.39, 0.29) is 0 Å². The van der Waals surface area contributed by atoms with Crippen LogP contribution >= 0.6 is 0 Å². The highest BCUT2D eigenvalue weighted by Crippen LogP contribution is 2.36. The minimum absolute atomic E-state index is 1.18. The van der Waals surface area contributed by atoms with Crippen molar-refractivity contribution in [3.63, 3.8) is 0 Å². The Kier molecular flexibility index (Phi) is 5.99. The Morgan fingerprint density at radius 2 is 1.00 bits per heavy atom. The molecule has 1 heterocycles. The van der Waals surface area contributed by atoms with Gasteiger partial charge in [-0.2, -0.15) is 0 Å². The van der Waals surface area contributed by atoms with Gasteiger partial charge in [0.05, 0.1) is 11.0 Å². The third kappa shape index (κ3) is 3.79. The molecule has 5 aromatic carbocycles. The minimum atomic E-state index is 1.18. The van der Waals surface area contributed by atoms with Gasteiger partial charge in [0.15, 0.2) is 0 Å². The van der Waals surface area contributed by atoms with Gasteiger partial charge in [-0.25, -0.2) is 0 Å². The summed E-state index contributed by atoms with van der Waals surface area (Å²) in [7, 11) is 1.50. The maximum absolute atomic E-state index is 4.50. The minimum Gasteiger partial charge on any atom is -0.333 e. The summed E-state index contributed by atoms with van der Waals surface area (Å²) in [6.45, 7) is 2.15. The number of nitrogens with two attached hydrogens (primary N) is 1. The predicted molar refractivity (Wildman–Crippen MR) is 147 cm³/mol. The van der Waals surface area contributed by atoms with Crippen LogP contribution in [0.15, 0.2) is 121 Å². The van der Waals surface area contributed by atoms with Gasteiger partial charge in [-0.15, -0.1) is 0 Å². The fourth-order valence-corrected chi connectivity index (χ4v) is 4.81. The van der Waals surface area contributed by atoms with Gasteiger partial charge < -0.3 is 10.3 Å². The van der Waals surface area contributed by atoms with Gasteiger partial charge in [0.25, 0.3) is 0 Å². The van der Waals surface area contributed by atoms with Crippen molar-refractivity contribution in [2.24, 2.45) is 5.73 Å². The molecule has 0 aliphatic carbocycles. The van der Waals surface area contributed by atoms with Crippen LogP contribution in [-0.4, -0.2) is 11.6 Å². The van der Waals surface area contributed by atoms with Crippen LogP contribution in [0.5, 0.6) is 0 Å². The van der Waals surface area contributed by atoms with E-state index in [1.54, 1.807) is 0 Å². The molecule has 2 nitrogen and oxygen atoms in total. The number of aryl methyl sites for hydroxylation is 1. The number of aromatic nitrogens is 1. The molecule has 2 N–H and O–H groups in total. The van der Waals surface area contributed by atoms with Gasteiger partial charge in [-0.3, -0.25) is 0 Å². The molecule has 0 bridgehead atoms. The highest BCUT2D eigenvalue weighted by atomic mass is 15.0. The average molecular weight is 441 g/mol. The Hall–Kier alpha value is -4.14. The van der Waals surface area contributed by atoms with E-state index in [9.17, 15) is 0 Å². The third-order valence-corrected chi connectivity index (χ3v) is 6.25. The zero-order chi connectivity index (χ0) is 23.5. The number of benzene rings is 5. The molecule has 34 heavy (non-hydrogen) atoms. The van der Waals surface area contributed by atoms with E-state index in [0.29, 0.717) is 0 Å². The summed E-state index contributed by atoms with van der Waals surface area (Å²) in [5, 5.41) is 2.57. The lowest BCUT2D eigenvalue weighted by Crippen LogP contribution is -1.94. The molecule has 0 saturated carbocycles. The SMILES string of the molecule is CN.Cc1cccc(-c2ccccc2-c2cccc(-n3c4ccccc4c4ccccc43)c2)c1. The lowest BCUT2D eigenvalue weighted by molar-refractivity contribution is 1.18. The summed E-state index contributed by atoms with van der Waals surface area (Å²) in [6, 6.07) is 43.7. The molecule has 166 valence electrons. The highest BCUT2D eigenvalue weighted by molar-refractivity contribution is 6.09. The third-order valence-electron chi connectivity index (χ3n) is 6.25. The summed E-state index contributed by atoms with van der Waals surface area (Å²) in [4.78, 5) is 0. The molecule has 0 amide bonds. The van der Waals surface area contributed by atoms with E-state index in [4.69, 9.17) is 0 Å². The van der Waals surface area contributed by atoms with Gasteiger partial charge in [-0.05, 0) is 60.5 Å². The molecule has 0 spiro atoms. The van der Waals surface area contributed by atoms with Gasteiger partial charge in [-0.1, -0.05) is 103 Å². The molecule has 0 fully saturated rings. The van der Waals surface area contributed by atoms with Crippen molar-refractivity contribution < 1.29 is 0 Å². The van der Waals surface area contributed by atoms with Gasteiger partial charge in [0.2, 0.25) is 0 Å². The molecular weight excluding hydrogens is 412 g/mol. The van der Waals surface area contributed by atoms with E-state index < -0.39 is 0 Å². The van der Waals surface area contributed by atoms with E-state index in [1.165, 1.54) is 62.4 Å². The second-order valence-electron chi connectivity index (χ2n) is 8.34. The van der Waals surface area contributed by atoms with Crippen molar-refractivity contribution in [2.45, 2.75) is 6.92 Å². The molecule has 6 aromatic rings. The lowest BCUT2D eigenvalue weighted by Gasteiger charge is -2.13. The van der Waals surface area contributed by atoms with Crippen LogP contribution < -0.4 is 5.73 Å². The topological polar surface area (TPSA) is 30.9 Å². The first-order valence-corrected chi connectivity index (χ1v) is 11.6. The molecule has 0 aliphatic rings. The maximum atomic E-state index is 4.50. The second kappa shape index (κ2) is 9.38. The van der Waals surface area contributed by atoms with Crippen LogP contribution in [0.25, 0.3) is 49.7 Å². The number of hydrogen-bond donors (Lipinski definition) is 1. The van der Waals surface area contributed by atoms with E-state index in [0.717, 1.165) is 0 Å². The average Bonchev–Trinajstić information content (AvgIpc) is 3.24. The van der Waals surface area contributed by atoms with Crippen LogP contribution in [0.2, 0.25) is 0 Å². The number of rotatable bonds is 3. The summed E-state index contributed by atoms with van der Waals surface area (Å²) >= 11 is 0. The van der Waals surface area contributed by atoms with Crippen LogP contribution in [-0.2, 0) is 0 Å². The molecular formula is C32H28N2. The fraction of sp³-hybridized carbons (Fsp3) is 0.0625. The maximum Gasteiger partial charge on any atom is 0.0541 e. The first kappa shape index (κ1) is 21.7. The van der Waals surface area contributed by atoms with E-state index in [2.05, 4.69) is 139 Å². The Labute approximate surface area is 200 Å². The molecule has 2 heteroatoms. The van der Waals surface area contributed by atoms with Crippen LogP contribution in [0.4, 0.5) is 0 Å². The molecule has 0 radical (unpaired) electrons. The number of hydrogen-bond acceptors (Lipinski definition) is 1. The summed E-state index contributed by atoms with van der Waals surface area (Å²) in [6.07, 6.45) is 0. The van der Waals surface area contributed by atoms with Gasteiger partial charge >= 0.3 is 0 Å². The zero-order valence-corrected chi connectivity index (χ0v) is 19.6. The van der Waals surface area contributed by atoms with Crippen LogP contribution in [0, 0.1) is 6.92 Å². The number of nitrogens with zero attached hydrogens (tertiary/aromatic N) is 1. The largest absolute Gasteiger partial charge is 0.333 e. The van der Waals surface area contributed by atoms with Crippen molar-refractivity contribution in [2.75, 3.05) is 7.05 Å². The standard InChI is InChI=1S/C31H23N.CH5N/c1-22-10-8-11-23(20-22)26-14-2-3-15-27(26)24-12-9-13-25(21-24)32-30-18-6-4-16-28(30)29-17-5-7-19-31(29)32;1-2/h2-21H,1H3;2H2,1H3. The van der Waals surface area contributed by atoms with E-state index >= 15 is 0 Å². The van der Waals surface area contributed by atoms with Gasteiger partial charge in [0, 0.05) is 16.5 Å². The second-order valence-corrected chi connectivity index (χ2v) is 8.34. The van der Waals surface area contributed by atoms with Gasteiger partial charge in [0.1, 0.15) is 0 Å². The lowest BCUT2D eigenvalue weighted by atomic mass is 9.93. The first-order chi connectivity index (χ1) is 16.8. The smallest absolute Gasteiger partial charge is 0.0541 e. The summed E-state index contributed by atoms with van der Waals surface area (Å²) < 4.78 is 2.38.